The monoisotopic (exact) mass is 360 g/mol. The number of hydrogen-bond acceptors (Lipinski definition) is 1. The molecule has 0 heterocycles. The molecule has 0 fully saturated rings. The lowest BCUT2D eigenvalue weighted by atomic mass is 10.0. The third kappa shape index (κ3) is 16.4. The van der Waals surface area contributed by atoms with E-state index in [1.54, 1.807) is 0 Å². The van der Waals surface area contributed by atoms with Gasteiger partial charge in [-0.05, 0) is 6.42 Å². The fourth-order valence-corrected chi connectivity index (χ4v) is 3.32. The van der Waals surface area contributed by atoms with E-state index in [0.717, 1.165) is 6.42 Å². The molecule has 144 valence electrons. The SMILES string of the molecule is CCCCCCCCCCCCCCCCCCN(CCl)C(N)=O. The number of nitrogens with zero attached hydrogens (tertiary/aromatic N) is 1. The van der Waals surface area contributed by atoms with Crippen molar-refractivity contribution in [1.82, 2.24) is 4.90 Å². The van der Waals surface area contributed by atoms with Crippen LogP contribution in [0.1, 0.15) is 110 Å². The number of hydrogen-bond donors (Lipinski definition) is 1. The first kappa shape index (κ1) is 23.6. The molecule has 24 heavy (non-hydrogen) atoms. The number of unbranched alkanes of at least 4 members (excludes halogenated alkanes) is 15. The topological polar surface area (TPSA) is 46.3 Å². The van der Waals surface area contributed by atoms with Crippen molar-refractivity contribution in [1.29, 1.82) is 0 Å². The lowest BCUT2D eigenvalue weighted by Crippen LogP contribution is -2.35. The van der Waals surface area contributed by atoms with Crippen LogP contribution in [0.4, 0.5) is 4.79 Å². The van der Waals surface area contributed by atoms with Crippen molar-refractivity contribution in [3.8, 4) is 0 Å². The van der Waals surface area contributed by atoms with Crippen molar-refractivity contribution in [3.63, 3.8) is 0 Å². The van der Waals surface area contributed by atoms with Gasteiger partial charge >= 0.3 is 6.03 Å². The molecule has 0 saturated heterocycles. The zero-order chi connectivity index (χ0) is 17.9. The predicted octanol–water partition coefficient (Wildman–Crippen LogP) is 6.82. The first-order valence-corrected chi connectivity index (χ1v) is 10.9. The summed E-state index contributed by atoms with van der Waals surface area (Å²) < 4.78 is 0. The standard InChI is InChI=1S/C20H41ClN2O/c1-2-3-4-5-6-7-8-9-10-11-12-13-14-15-16-17-18-23(19-21)20(22)24/h2-19H2,1H3,(H2,22,24). The van der Waals surface area contributed by atoms with Crippen LogP contribution >= 0.6 is 11.6 Å². The van der Waals surface area contributed by atoms with Gasteiger partial charge in [-0.1, -0.05) is 103 Å². The van der Waals surface area contributed by atoms with Gasteiger partial charge in [0.25, 0.3) is 0 Å². The highest BCUT2D eigenvalue weighted by atomic mass is 35.5. The van der Waals surface area contributed by atoms with E-state index >= 15 is 0 Å². The second-order valence-electron chi connectivity index (χ2n) is 7.02. The first-order valence-electron chi connectivity index (χ1n) is 10.3. The highest BCUT2D eigenvalue weighted by molar-refractivity contribution is 6.18. The second-order valence-corrected chi connectivity index (χ2v) is 7.26. The summed E-state index contributed by atoms with van der Waals surface area (Å²) in [6.45, 7) is 2.97. The van der Waals surface area contributed by atoms with Crippen LogP contribution in [0, 0.1) is 0 Å². The van der Waals surface area contributed by atoms with Crippen molar-refractivity contribution < 1.29 is 4.79 Å². The highest BCUT2D eigenvalue weighted by Gasteiger charge is 2.06. The van der Waals surface area contributed by atoms with Gasteiger partial charge in [0.05, 0.1) is 6.00 Å². The fraction of sp³-hybridized carbons (Fsp3) is 0.950. The molecule has 4 heteroatoms. The van der Waals surface area contributed by atoms with E-state index in [-0.39, 0.29) is 6.00 Å². The molecule has 0 aromatic carbocycles. The summed E-state index contributed by atoms with van der Waals surface area (Å²) in [7, 11) is 0. The first-order chi connectivity index (χ1) is 11.7. The maximum atomic E-state index is 11.0. The van der Waals surface area contributed by atoms with Crippen molar-refractivity contribution in [3.05, 3.63) is 0 Å². The quantitative estimate of drug-likeness (QED) is 0.162. The van der Waals surface area contributed by atoms with Crippen LogP contribution in [0.5, 0.6) is 0 Å². The minimum atomic E-state index is -0.411. The molecule has 0 aromatic heterocycles. The molecule has 2 amide bonds. The van der Waals surface area contributed by atoms with Gasteiger partial charge < -0.3 is 10.6 Å². The van der Waals surface area contributed by atoms with Gasteiger partial charge in [-0.3, -0.25) is 0 Å². The van der Waals surface area contributed by atoms with Crippen LogP contribution in [0.2, 0.25) is 0 Å². The fourth-order valence-electron chi connectivity index (χ4n) is 3.08. The van der Waals surface area contributed by atoms with Crippen molar-refractivity contribution >= 4 is 17.6 Å². The molecular weight excluding hydrogens is 320 g/mol. The Balaban J connectivity index is 3.11. The molecule has 0 aliphatic heterocycles. The summed E-state index contributed by atoms with van der Waals surface area (Å²) in [5.74, 6) is 0. The van der Waals surface area contributed by atoms with Crippen LogP contribution in [-0.2, 0) is 0 Å². The largest absolute Gasteiger partial charge is 0.351 e. The van der Waals surface area contributed by atoms with Gasteiger partial charge in [0.2, 0.25) is 0 Å². The van der Waals surface area contributed by atoms with Gasteiger partial charge in [0.15, 0.2) is 0 Å². The van der Waals surface area contributed by atoms with E-state index in [1.807, 2.05) is 0 Å². The van der Waals surface area contributed by atoms with Gasteiger partial charge in [0, 0.05) is 6.54 Å². The number of halogens is 1. The summed E-state index contributed by atoms with van der Waals surface area (Å²) in [5, 5.41) is 0. The molecule has 0 atom stereocenters. The Kier molecular flexibility index (Phi) is 18.5. The van der Waals surface area contributed by atoms with Gasteiger partial charge in [-0.15, -0.1) is 11.6 Å². The molecule has 0 saturated carbocycles. The zero-order valence-electron chi connectivity index (χ0n) is 16.0. The summed E-state index contributed by atoms with van der Waals surface area (Å²) in [6, 6.07) is -0.209. The van der Waals surface area contributed by atoms with E-state index in [0.29, 0.717) is 6.54 Å². The summed E-state index contributed by atoms with van der Waals surface area (Å²) >= 11 is 5.66. The Morgan fingerprint density at radius 2 is 1.04 bits per heavy atom. The number of carbonyl (C=O) groups is 1. The maximum absolute atomic E-state index is 11.0. The Morgan fingerprint density at radius 1 is 0.708 bits per heavy atom. The number of urea groups is 1. The molecule has 0 aliphatic rings. The summed E-state index contributed by atoms with van der Waals surface area (Å²) in [5.41, 5.74) is 5.22. The number of primary amides is 1. The number of nitrogens with two attached hydrogens (primary N) is 1. The molecule has 0 aliphatic carbocycles. The average Bonchev–Trinajstić information content (AvgIpc) is 2.57. The summed E-state index contributed by atoms with van der Waals surface area (Å²) in [4.78, 5) is 12.5. The lowest BCUT2D eigenvalue weighted by Gasteiger charge is -2.16. The predicted molar refractivity (Wildman–Crippen MR) is 107 cm³/mol. The zero-order valence-corrected chi connectivity index (χ0v) is 16.8. The smallest absolute Gasteiger partial charge is 0.315 e. The van der Waals surface area contributed by atoms with Crippen LogP contribution < -0.4 is 5.73 Å². The minimum Gasteiger partial charge on any atom is -0.351 e. The molecule has 0 spiro atoms. The molecular formula is C20H41ClN2O. The molecule has 0 aromatic rings. The summed E-state index contributed by atoms with van der Waals surface area (Å²) in [6.07, 6.45) is 21.7. The van der Waals surface area contributed by atoms with Gasteiger partial charge in [-0.2, -0.15) is 0 Å². The van der Waals surface area contributed by atoms with E-state index in [2.05, 4.69) is 6.92 Å². The van der Waals surface area contributed by atoms with E-state index < -0.39 is 6.03 Å². The lowest BCUT2D eigenvalue weighted by molar-refractivity contribution is 0.214. The molecule has 3 nitrogen and oxygen atoms in total. The number of carbonyl (C=O) groups excluding carboxylic acids is 1. The molecule has 0 rings (SSSR count). The van der Waals surface area contributed by atoms with Crippen LogP contribution in [0.3, 0.4) is 0 Å². The number of alkyl halides is 1. The Morgan fingerprint density at radius 3 is 1.33 bits per heavy atom. The van der Waals surface area contributed by atoms with E-state index in [4.69, 9.17) is 17.3 Å². The number of amides is 2. The van der Waals surface area contributed by atoms with Crippen molar-refractivity contribution in [2.45, 2.75) is 110 Å². The minimum absolute atomic E-state index is 0.202. The highest BCUT2D eigenvalue weighted by Crippen LogP contribution is 2.13. The molecule has 2 N–H and O–H groups in total. The molecule has 0 radical (unpaired) electrons. The molecule has 0 bridgehead atoms. The van der Waals surface area contributed by atoms with Crippen molar-refractivity contribution in [2.75, 3.05) is 12.5 Å². The van der Waals surface area contributed by atoms with E-state index in [1.165, 1.54) is 101 Å². The Hall–Kier alpha value is -0.440. The molecule has 0 unspecified atom stereocenters. The average molecular weight is 361 g/mol. The number of rotatable bonds is 18. The van der Waals surface area contributed by atoms with Crippen LogP contribution in [-0.4, -0.2) is 23.5 Å². The van der Waals surface area contributed by atoms with Crippen molar-refractivity contribution in [2.24, 2.45) is 5.73 Å². The third-order valence-electron chi connectivity index (χ3n) is 4.74. The Bertz CT molecular complexity index is 274. The Labute approximate surface area is 155 Å². The van der Waals surface area contributed by atoms with Crippen LogP contribution in [0.25, 0.3) is 0 Å². The van der Waals surface area contributed by atoms with Gasteiger partial charge in [0.1, 0.15) is 0 Å². The van der Waals surface area contributed by atoms with Gasteiger partial charge in [-0.25, -0.2) is 4.79 Å². The van der Waals surface area contributed by atoms with E-state index in [9.17, 15) is 4.79 Å². The third-order valence-corrected chi connectivity index (χ3v) is 5.03. The maximum Gasteiger partial charge on any atom is 0.315 e. The normalized spacial score (nSPS) is 10.9. The second kappa shape index (κ2) is 18.9. The van der Waals surface area contributed by atoms with Crippen LogP contribution in [0.15, 0.2) is 0 Å².